The summed E-state index contributed by atoms with van der Waals surface area (Å²) in [5.74, 6) is 0.870. The van der Waals surface area contributed by atoms with Crippen molar-refractivity contribution in [1.29, 1.82) is 0 Å². The quantitative estimate of drug-likeness (QED) is 0.766. The van der Waals surface area contributed by atoms with E-state index < -0.39 is 0 Å². The van der Waals surface area contributed by atoms with Crippen molar-refractivity contribution >= 4 is 17.2 Å². The van der Waals surface area contributed by atoms with E-state index >= 15 is 0 Å². The van der Waals surface area contributed by atoms with Gasteiger partial charge in [-0.15, -0.1) is 11.3 Å². The third-order valence-corrected chi connectivity index (χ3v) is 5.10. The fraction of sp³-hybridized carbons (Fsp3) is 0.474. The lowest BCUT2D eigenvalue weighted by molar-refractivity contribution is -0.120. The lowest BCUT2D eigenvalue weighted by Crippen LogP contribution is -2.41. The average molecular weight is 375 g/mol. The Balaban J connectivity index is 1.45. The van der Waals surface area contributed by atoms with Crippen molar-refractivity contribution in [3.05, 3.63) is 35.3 Å². The fourth-order valence-electron chi connectivity index (χ4n) is 2.79. The van der Waals surface area contributed by atoms with Gasteiger partial charge in [-0.25, -0.2) is 4.98 Å². The monoisotopic (exact) mass is 375 g/mol. The Hall–Kier alpha value is -1.96. The third-order valence-electron chi connectivity index (χ3n) is 4.16. The molecule has 0 aliphatic carbocycles. The van der Waals surface area contributed by atoms with E-state index in [4.69, 9.17) is 9.47 Å². The van der Waals surface area contributed by atoms with Crippen LogP contribution in [-0.2, 0) is 16.0 Å². The zero-order valence-electron chi connectivity index (χ0n) is 15.1. The lowest BCUT2D eigenvalue weighted by Gasteiger charge is -2.26. The first-order valence-corrected chi connectivity index (χ1v) is 9.87. The molecular weight excluding hydrogens is 350 g/mol. The average Bonchev–Trinajstić information content (AvgIpc) is 3.12. The number of amides is 1. The van der Waals surface area contributed by atoms with Crippen molar-refractivity contribution in [1.82, 2.24) is 15.2 Å². The third kappa shape index (κ3) is 5.52. The van der Waals surface area contributed by atoms with Gasteiger partial charge in [0.15, 0.2) is 0 Å². The number of nitrogens with zero attached hydrogens (tertiary/aromatic N) is 2. The Morgan fingerprint density at radius 1 is 1.31 bits per heavy atom. The molecule has 140 valence electrons. The minimum atomic E-state index is 0.0156. The number of nitrogens with one attached hydrogen (secondary N) is 1. The molecule has 6 nitrogen and oxygen atoms in total. The second-order valence-corrected chi connectivity index (χ2v) is 6.94. The Bertz CT molecular complexity index is 696. The van der Waals surface area contributed by atoms with Gasteiger partial charge in [0.25, 0.3) is 0 Å². The molecule has 0 bridgehead atoms. The summed E-state index contributed by atoms with van der Waals surface area (Å²) in [6.45, 7) is 7.58. The molecule has 1 aromatic carbocycles. The standard InChI is InChI=1S/C19H25N3O3S/c1-2-25-17-5-3-15(4-6-17)19-21-16(14-26-19)13-18(23)20-7-8-22-9-11-24-12-10-22/h3-6,14H,2,7-13H2,1H3,(H,20,23). The summed E-state index contributed by atoms with van der Waals surface area (Å²) in [5, 5.41) is 5.85. The van der Waals surface area contributed by atoms with Gasteiger partial charge in [-0.05, 0) is 31.2 Å². The molecule has 0 unspecified atom stereocenters. The molecule has 1 amide bonds. The molecule has 26 heavy (non-hydrogen) atoms. The summed E-state index contributed by atoms with van der Waals surface area (Å²) >= 11 is 1.56. The van der Waals surface area contributed by atoms with Crippen LogP contribution in [0.2, 0.25) is 0 Å². The van der Waals surface area contributed by atoms with Crippen LogP contribution >= 0.6 is 11.3 Å². The van der Waals surface area contributed by atoms with Crippen LogP contribution in [0.1, 0.15) is 12.6 Å². The van der Waals surface area contributed by atoms with Gasteiger partial charge < -0.3 is 14.8 Å². The summed E-state index contributed by atoms with van der Waals surface area (Å²) in [4.78, 5) is 19.0. The number of rotatable bonds is 8. The first-order valence-electron chi connectivity index (χ1n) is 8.99. The molecule has 0 saturated carbocycles. The van der Waals surface area contributed by atoms with Crippen LogP contribution in [0.15, 0.2) is 29.6 Å². The normalized spacial score (nSPS) is 15.0. The Labute approximate surface area is 158 Å². The minimum Gasteiger partial charge on any atom is -0.494 e. The van der Waals surface area contributed by atoms with Gasteiger partial charge in [-0.3, -0.25) is 9.69 Å². The highest BCUT2D eigenvalue weighted by atomic mass is 32.1. The maximum absolute atomic E-state index is 12.1. The second kappa shape index (κ2) is 9.66. The van der Waals surface area contributed by atoms with E-state index in [9.17, 15) is 4.79 Å². The number of aromatic nitrogens is 1. The minimum absolute atomic E-state index is 0.0156. The van der Waals surface area contributed by atoms with E-state index in [2.05, 4.69) is 15.2 Å². The molecule has 1 fully saturated rings. The van der Waals surface area contributed by atoms with Crippen molar-refractivity contribution in [2.75, 3.05) is 46.0 Å². The highest BCUT2D eigenvalue weighted by Crippen LogP contribution is 2.25. The number of hydrogen-bond donors (Lipinski definition) is 1. The molecular formula is C19H25N3O3S. The Morgan fingerprint density at radius 2 is 2.08 bits per heavy atom. The smallest absolute Gasteiger partial charge is 0.226 e. The molecule has 1 aliphatic rings. The maximum atomic E-state index is 12.1. The highest BCUT2D eigenvalue weighted by Gasteiger charge is 2.12. The first kappa shape index (κ1) is 18.8. The van der Waals surface area contributed by atoms with Gasteiger partial charge in [0.2, 0.25) is 5.91 Å². The Morgan fingerprint density at radius 3 is 2.81 bits per heavy atom. The number of hydrogen-bond acceptors (Lipinski definition) is 6. The highest BCUT2D eigenvalue weighted by molar-refractivity contribution is 7.13. The lowest BCUT2D eigenvalue weighted by atomic mass is 10.2. The predicted octanol–water partition coefficient (Wildman–Crippen LogP) is 2.20. The van der Waals surface area contributed by atoms with Crippen LogP contribution in [-0.4, -0.2) is 61.8 Å². The number of carbonyl (C=O) groups is 1. The van der Waals surface area contributed by atoms with Gasteiger partial charge >= 0.3 is 0 Å². The largest absolute Gasteiger partial charge is 0.494 e. The molecule has 1 saturated heterocycles. The predicted molar refractivity (Wildman–Crippen MR) is 103 cm³/mol. The molecule has 0 atom stereocenters. The van der Waals surface area contributed by atoms with Crippen molar-refractivity contribution in [3.8, 4) is 16.3 Å². The van der Waals surface area contributed by atoms with Gasteiger partial charge in [0, 0.05) is 37.1 Å². The van der Waals surface area contributed by atoms with Crippen LogP contribution in [0.25, 0.3) is 10.6 Å². The summed E-state index contributed by atoms with van der Waals surface area (Å²) in [6, 6.07) is 7.88. The zero-order valence-corrected chi connectivity index (χ0v) is 15.9. The summed E-state index contributed by atoms with van der Waals surface area (Å²) < 4.78 is 10.8. The number of ether oxygens (including phenoxy) is 2. The molecule has 1 aromatic heterocycles. The van der Waals surface area contributed by atoms with Crippen molar-refractivity contribution in [2.24, 2.45) is 0 Å². The van der Waals surface area contributed by atoms with E-state index in [1.807, 2.05) is 36.6 Å². The van der Waals surface area contributed by atoms with E-state index in [1.54, 1.807) is 11.3 Å². The van der Waals surface area contributed by atoms with Crippen LogP contribution in [0.5, 0.6) is 5.75 Å². The molecule has 3 rings (SSSR count). The van der Waals surface area contributed by atoms with E-state index in [0.717, 1.165) is 54.9 Å². The van der Waals surface area contributed by atoms with E-state index in [0.29, 0.717) is 19.6 Å². The number of carbonyl (C=O) groups excluding carboxylic acids is 1. The summed E-state index contributed by atoms with van der Waals surface area (Å²) in [7, 11) is 0. The topological polar surface area (TPSA) is 63.7 Å². The maximum Gasteiger partial charge on any atom is 0.226 e. The molecule has 0 radical (unpaired) electrons. The van der Waals surface area contributed by atoms with Crippen LogP contribution in [0.3, 0.4) is 0 Å². The van der Waals surface area contributed by atoms with Gasteiger partial charge in [0.05, 0.1) is 31.9 Å². The van der Waals surface area contributed by atoms with Crippen molar-refractivity contribution < 1.29 is 14.3 Å². The Kier molecular flexibility index (Phi) is 6.99. The van der Waals surface area contributed by atoms with Crippen molar-refractivity contribution in [3.63, 3.8) is 0 Å². The fourth-order valence-corrected chi connectivity index (χ4v) is 3.61. The van der Waals surface area contributed by atoms with Gasteiger partial charge in [0.1, 0.15) is 10.8 Å². The van der Waals surface area contributed by atoms with Crippen LogP contribution in [0.4, 0.5) is 0 Å². The van der Waals surface area contributed by atoms with Gasteiger partial charge in [-0.1, -0.05) is 0 Å². The SMILES string of the molecule is CCOc1ccc(-c2nc(CC(=O)NCCN3CCOCC3)cs2)cc1. The van der Waals surface area contributed by atoms with E-state index in [1.165, 1.54) is 0 Å². The number of morpholine rings is 1. The molecule has 1 aliphatic heterocycles. The number of benzene rings is 1. The van der Waals surface area contributed by atoms with E-state index in [-0.39, 0.29) is 5.91 Å². The van der Waals surface area contributed by atoms with Gasteiger partial charge in [-0.2, -0.15) is 0 Å². The summed E-state index contributed by atoms with van der Waals surface area (Å²) in [5.41, 5.74) is 1.85. The zero-order chi connectivity index (χ0) is 18.2. The second-order valence-electron chi connectivity index (χ2n) is 6.08. The molecule has 0 spiro atoms. The molecule has 1 N–H and O–H groups in total. The molecule has 7 heteroatoms. The van der Waals surface area contributed by atoms with Crippen LogP contribution < -0.4 is 10.1 Å². The molecule has 2 heterocycles. The molecule has 2 aromatic rings. The van der Waals surface area contributed by atoms with Crippen molar-refractivity contribution in [2.45, 2.75) is 13.3 Å². The first-order chi connectivity index (χ1) is 12.7. The van der Waals surface area contributed by atoms with Crippen LogP contribution in [0, 0.1) is 0 Å². The number of thiazole rings is 1. The summed E-state index contributed by atoms with van der Waals surface area (Å²) in [6.07, 6.45) is 0.316.